The first-order valence-electron chi connectivity index (χ1n) is 7.74. The monoisotopic (exact) mass is 396 g/mol. The quantitative estimate of drug-likeness (QED) is 0.661. The van der Waals surface area contributed by atoms with Gasteiger partial charge in [0.15, 0.2) is 0 Å². The molecule has 2 aromatic carbocycles. The van der Waals surface area contributed by atoms with Crippen molar-refractivity contribution in [3.8, 4) is 0 Å². The lowest BCUT2D eigenvalue weighted by Crippen LogP contribution is -2.14. The van der Waals surface area contributed by atoms with Crippen molar-refractivity contribution in [1.29, 1.82) is 0 Å². The predicted octanol–water partition coefficient (Wildman–Crippen LogP) is 4.85. The molecular formula is C19H17BrN4O. The molecule has 0 atom stereocenters. The van der Waals surface area contributed by atoms with Crippen molar-refractivity contribution in [3.05, 3.63) is 76.2 Å². The summed E-state index contributed by atoms with van der Waals surface area (Å²) in [4.78, 5) is 20.7. The molecule has 0 fully saturated rings. The van der Waals surface area contributed by atoms with Crippen molar-refractivity contribution in [2.45, 2.75) is 13.8 Å². The second kappa shape index (κ2) is 7.44. The van der Waals surface area contributed by atoms with Gasteiger partial charge in [0.1, 0.15) is 11.5 Å². The van der Waals surface area contributed by atoms with Gasteiger partial charge in [0.2, 0.25) is 0 Å². The second-order valence-corrected chi connectivity index (χ2v) is 6.59. The van der Waals surface area contributed by atoms with Crippen LogP contribution in [0.15, 0.2) is 59.3 Å². The van der Waals surface area contributed by atoms with E-state index < -0.39 is 0 Å². The summed E-state index contributed by atoms with van der Waals surface area (Å²) in [6.07, 6.45) is 2.99. The first-order valence-corrected chi connectivity index (χ1v) is 8.54. The maximum Gasteiger partial charge on any atom is 0.275 e. The Morgan fingerprint density at radius 2 is 1.64 bits per heavy atom. The van der Waals surface area contributed by atoms with E-state index in [-0.39, 0.29) is 11.6 Å². The summed E-state index contributed by atoms with van der Waals surface area (Å²) in [6, 6.07) is 13.5. The summed E-state index contributed by atoms with van der Waals surface area (Å²) in [7, 11) is 0. The van der Waals surface area contributed by atoms with E-state index in [9.17, 15) is 4.79 Å². The van der Waals surface area contributed by atoms with E-state index in [4.69, 9.17) is 0 Å². The Morgan fingerprint density at radius 3 is 2.28 bits per heavy atom. The van der Waals surface area contributed by atoms with Crippen molar-refractivity contribution >= 4 is 39.0 Å². The highest BCUT2D eigenvalue weighted by Gasteiger charge is 2.09. The normalized spacial score (nSPS) is 10.4. The van der Waals surface area contributed by atoms with E-state index in [1.807, 2.05) is 56.3 Å². The third-order valence-corrected chi connectivity index (χ3v) is 4.29. The van der Waals surface area contributed by atoms with Crippen LogP contribution in [-0.4, -0.2) is 15.9 Å². The molecular weight excluding hydrogens is 380 g/mol. The van der Waals surface area contributed by atoms with Crippen molar-refractivity contribution < 1.29 is 4.79 Å². The number of amides is 1. The molecule has 0 aliphatic rings. The van der Waals surface area contributed by atoms with Crippen molar-refractivity contribution in [2.75, 3.05) is 10.6 Å². The minimum Gasteiger partial charge on any atom is -0.339 e. The van der Waals surface area contributed by atoms with Crippen LogP contribution < -0.4 is 10.6 Å². The minimum absolute atomic E-state index is 0.264. The van der Waals surface area contributed by atoms with Gasteiger partial charge in [-0.15, -0.1) is 0 Å². The molecule has 0 unspecified atom stereocenters. The molecule has 6 heteroatoms. The zero-order valence-corrected chi connectivity index (χ0v) is 15.5. The number of halogens is 1. The molecule has 0 saturated heterocycles. The number of rotatable bonds is 4. The maximum atomic E-state index is 12.3. The zero-order chi connectivity index (χ0) is 17.8. The van der Waals surface area contributed by atoms with E-state index in [0.29, 0.717) is 5.82 Å². The number of carbonyl (C=O) groups is 1. The number of anilines is 3. The number of aryl methyl sites for hydroxylation is 2. The van der Waals surface area contributed by atoms with Gasteiger partial charge >= 0.3 is 0 Å². The number of hydrogen-bond acceptors (Lipinski definition) is 4. The molecule has 3 aromatic rings. The van der Waals surface area contributed by atoms with Gasteiger partial charge < -0.3 is 10.6 Å². The lowest BCUT2D eigenvalue weighted by molar-refractivity contribution is 0.102. The number of nitrogens with one attached hydrogen (secondary N) is 2. The highest BCUT2D eigenvalue weighted by Crippen LogP contribution is 2.18. The van der Waals surface area contributed by atoms with Gasteiger partial charge in [-0.1, -0.05) is 22.0 Å². The molecule has 0 saturated carbocycles. The summed E-state index contributed by atoms with van der Waals surface area (Å²) in [5.74, 6) is 0.288. The number of carbonyl (C=O) groups excluding carboxylic acids is 1. The molecule has 0 bridgehead atoms. The van der Waals surface area contributed by atoms with Crippen molar-refractivity contribution in [1.82, 2.24) is 9.97 Å². The third kappa shape index (κ3) is 4.42. The van der Waals surface area contributed by atoms with Crippen LogP contribution in [0.25, 0.3) is 0 Å². The average Bonchev–Trinajstić information content (AvgIpc) is 2.61. The van der Waals surface area contributed by atoms with Gasteiger partial charge in [-0.05, 0) is 61.4 Å². The Labute approximate surface area is 154 Å². The van der Waals surface area contributed by atoms with E-state index in [1.165, 1.54) is 18.0 Å². The summed E-state index contributed by atoms with van der Waals surface area (Å²) < 4.78 is 1.00. The highest BCUT2D eigenvalue weighted by atomic mass is 79.9. The van der Waals surface area contributed by atoms with Crippen LogP contribution in [0.2, 0.25) is 0 Å². The highest BCUT2D eigenvalue weighted by molar-refractivity contribution is 9.10. The summed E-state index contributed by atoms with van der Waals surface area (Å²) in [5, 5.41) is 5.97. The predicted molar refractivity (Wildman–Crippen MR) is 103 cm³/mol. The third-order valence-electron chi connectivity index (χ3n) is 3.77. The Kier molecular flexibility index (Phi) is 5.09. The van der Waals surface area contributed by atoms with E-state index >= 15 is 0 Å². The van der Waals surface area contributed by atoms with Gasteiger partial charge in [-0.3, -0.25) is 4.79 Å². The Hall–Kier alpha value is -2.73. The van der Waals surface area contributed by atoms with E-state index in [0.717, 1.165) is 21.4 Å². The van der Waals surface area contributed by atoms with E-state index in [1.54, 1.807) is 0 Å². The average molecular weight is 397 g/mol. The molecule has 2 N–H and O–H groups in total. The summed E-state index contributed by atoms with van der Waals surface area (Å²) in [6.45, 7) is 4.04. The lowest BCUT2D eigenvalue weighted by atomic mass is 10.1. The molecule has 3 rings (SSSR count). The molecule has 1 amide bonds. The van der Waals surface area contributed by atoms with Gasteiger partial charge in [-0.2, -0.15) is 0 Å². The fraction of sp³-hybridized carbons (Fsp3) is 0.105. The van der Waals surface area contributed by atoms with Crippen molar-refractivity contribution in [2.24, 2.45) is 0 Å². The molecule has 126 valence electrons. The number of aromatic nitrogens is 2. The molecule has 0 aliphatic heterocycles. The lowest BCUT2D eigenvalue weighted by Gasteiger charge is -2.08. The topological polar surface area (TPSA) is 66.9 Å². The SMILES string of the molecule is Cc1ccc(NC(=O)c2cnc(Nc3ccc(Br)cc3)cn2)cc1C. The van der Waals surface area contributed by atoms with E-state index in [2.05, 4.69) is 36.5 Å². The van der Waals surface area contributed by atoms with Crippen LogP contribution in [0.3, 0.4) is 0 Å². The molecule has 0 radical (unpaired) electrons. The van der Waals surface area contributed by atoms with Crippen LogP contribution in [0.4, 0.5) is 17.2 Å². The van der Waals surface area contributed by atoms with Crippen LogP contribution in [0.5, 0.6) is 0 Å². The Balaban J connectivity index is 1.67. The standard InChI is InChI=1S/C19H17BrN4O/c1-12-3-6-16(9-13(12)2)24-19(25)17-10-22-18(11-21-17)23-15-7-4-14(20)5-8-15/h3-11H,1-2H3,(H,22,23)(H,24,25). The first-order chi connectivity index (χ1) is 12.0. The second-order valence-electron chi connectivity index (χ2n) is 5.67. The number of nitrogens with zero attached hydrogens (tertiary/aromatic N) is 2. The van der Waals surface area contributed by atoms with Gasteiger partial charge in [0.05, 0.1) is 12.4 Å². The van der Waals surface area contributed by atoms with Crippen LogP contribution in [0.1, 0.15) is 21.6 Å². The molecule has 0 aliphatic carbocycles. The molecule has 0 spiro atoms. The number of hydrogen-bond donors (Lipinski definition) is 2. The van der Waals surface area contributed by atoms with Crippen LogP contribution in [0, 0.1) is 13.8 Å². The summed E-state index contributed by atoms with van der Waals surface area (Å²) in [5.41, 5.74) is 4.20. The Morgan fingerprint density at radius 1 is 0.920 bits per heavy atom. The molecule has 1 heterocycles. The van der Waals surface area contributed by atoms with Crippen LogP contribution >= 0.6 is 15.9 Å². The zero-order valence-electron chi connectivity index (χ0n) is 13.9. The van der Waals surface area contributed by atoms with Crippen LogP contribution in [-0.2, 0) is 0 Å². The summed E-state index contributed by atoms with van der Waals surface area (Å²) >= 11 is 3.39. The first kappa shape index (κ1) is 17.1. The van der Waals surface area contributed by atoms with Crippen molar-refractivity contribution in [3.63, 3.8) is 0 Å². The fourth-order valence-electron chi connectivity index (χ4n) is 2.21. The minimum atomic E-state index is -0.286. The molecule has 25 heavy (non-hydrogen) atoms. The fourth-order valence-corrected chi connectivity index (χ4v) is 2.47. The molecule has 5 nitrogen and oxygen atoms in total. The number of benzene rings is 2. The molecule has 1 aromatic heterocycles. The van der Waals surface area contributed by atoms with Gasteiger partial charge in [0.25, 0.3) is 5.91 Å². The van der Waals surface area contributed by atoms with Gasteiger partial charge in [0, 0.05) is 15.8 Å². The van der Waals surface area contributed by atoms with Gasteiger partial charge in [-0.25, -0.2) is 9.97 Å². The maximum absolute atomic E-state index is 12.3. The Bertz CT molecular complexity index is 892. The largest absolute Gasteiger partial charge is 0.339 e. The smallest absolute Gasteiger partial charge is 0.275 e.